The molecule has 1 saturated heterocycles. The van der Waals surface area contributed by atoms with Gasteiger partial charge < -0.3 is 5.11 Å². The molecular formula is C22H29N3O4. The van der Waals surface area contributed by atoms with Crippen LogP contribution < -0.4 is 11.0 Å². The summed E-state index contributed by atoms with van der Waals surface area (Å²) >= 11 is 0. The zero-order chi connectivity index (χ0) is 20.5. The number of amides is 2. The molecule has 156 valence electrons. The Morgan fingerprint density at radius 2 is 1.76 bits per heavy atom. The third-order valence-electron chi connectivity index (χ3n) is 6.74. The van der Waals surface area contributed by atoms with E-state index in [-0.39, 0.29) is 18.0 Å². The van der Waals surface area contributed by atoms with E-state index in [4.69, 9.17) is 0 Å². The molecule has 1 unspecified atom stereocenters. The van der Waals surface area contributed by atoms with Crippen LogP contribution in [-0.2, 0) is 23.1 Å². The molecule has 2 N–H and O–H groups in total. The zero-order valence-corrected chi connectivity index (χ0v) is 16.9. The van der Waals surface area contributed by atoms with Gasteiger partial charge in [-0.3, -0.25) is 24.0 Å². The van der Waals surface area contributed by atoms with Crippen molar-refractivity contribution >= 4 is 22.8 Å². The molecule has 7 heteroatoms. The van der Waals surface area contributed by atoms with Gasteiger partial charge in [0.25, 0.3) is 0 Å². The van der Waals surface area contributed by atoms with E-state index in [0.29, 0.717) is 24.9 Å². The lowest BCUT2D eigenvalue weighted by Crippen LogP contribution is -2.44. The number of nitrogens with zero attached hydrogens (tertiary/aromatic N) is 2. The molecule has 1 aromatic heterocycles. The number of hydrogen-bond donors (Lipinski definition) is 2. The molecule has 1 aliphatic heterocycles. The standard InChI is InChI=1S/C22H29N3O4/c1-24-19-12-15(5-2-14-3-6-16(13-26)7-4-14)8-9-17(19)25(22(24)29)18-10-11-20(27)23-21(18)28/h8-9,12,14,16,18,26H,2-7,10-11,13H2,1H3,(H,23,27,28)/t14-,16+,18?. The fourth-order valence-corrected chi connectivity index (χ4v) is 4.87. The fourth-order valence-electron chi connectivity index (χ4n) is 4.87. The van der Waals surface area contributed by atoms with Crippen LogP contribution >= 0.6 is 0 Å². The molecule has 7 nitrogen and oxygen atoms in total. The third-order valence-corrected chi connectivity index (χ3v) is 6.74. The molecule has 0 radical (unpaired) electrons. The number of benzene rings is 1. The van der Waals surface area contributed by atoms with Gasteiger partial charge in [0, 0.05) is 20.1 Å². The van der Waals surface area contributed by atoms with E-state index in [1.807, 2.05) is 12.1 Å². The quantitative estimate of drug-likeness (QED) is 0.753. The van der Waals surface area contributed by atoms with E-state index < -0.39 is 11.9 Å². The smallest absolute Gasteiger partial charge is 0.329 e. The summed E-state index contributed by atoms with van der Waals surface area (Å²) in [5, 5.41) is 11.6. The molecule has 2 aliphatic rings. The van der Waals surface area contributed by atoms with E-state index in [2.05, 4.69) is 11.4 Å². The van der Waals surface area contributed by atoms with E-state index in [9.17, 15) is 19.5 Å². The predicted molar refractivity (Wildman–Crippen MR) is 109 cm³/mol. The zero-order valence-electron chi connectivity index (χ0n) is 16.9. The molecule has 2 heterocycles. The van der Waals surface area contributed by atoms with Gasteiger partial charge in [0.1, 0.15) is 6.04 Å². The summed E-state index contributed by atoms with van der Waals surface area (Å²) in [6.45, 7) is 0.307. The summed E-state index contributed by atoms with van der Waals surface area (Å²) < 4.78 is 3.12. The minimum absolute atomic E-state index is 0.228. The molecular weight excluding hydrogens is 370 g/mol. The maximum Gasteiger partial charge on any atom is 0.329 e. The van der Waals surface area contributed by atoms with Crippen molar-refractivity contribution in [3.63, 3.8) is 0 Å². The summed E-state index contributed by atoms with van der Waals surface area (Å²) in [6.07, 6.45) is 7.26. The van der Waals surface area contributed by atoms with Crippen molar-refractivity contribution in [2.75, 3.05) is 6.61 Å². The number of aliphatic hydroxyl groups excluding tert-OH is 1. The van der Waals surface area contributed by atoms with Gasteiger partial charge in [-0.25, -0.2) is 4.79 Å². The van der Waals surface area contributed by atoms with Gasteiger partial charge >= 0.3 is 5.69 Å². The third kappa shape index (κ3) is 3.88. The largest absolute Gasteiger partial charge is 0.396 e. The molecule has 2 aromatic rings. The van der Waals surface area contributed by atoms with Crippen molar-refractivity contribution in [2.24, 2.45) is 18.9 Å². The maximum atomic E-state index is 12.8. The van der Waals surface area contributed by atoms with Gasteiger partial charge in [0.15, 0.2) is 0 Å². The Morgan fingerprint density at radius 3 is 2.45 bits per heavy atom. The van der Waals surface area contributed by atoms with Crippen molar-refractivity contribution < 1.29 is 14.7 Å². The van der Waals surface area contributed by atoms with Crippen LogP contribution in [0.3, 0.4) is 0 Å². The van der Waals surface area contributed by atoms with Crippen LogP contribution in [0.2, 0.25) is 0 Å². The Hall–Kier alpha value is -2.41. The summed E-state index contributed by atoms with van der Waals surface area (Å²) in [6, 6.07) is 5.39. The second kappa shape index (κ2) is 8.14. The lowest BCUT2D eigenvalue weighted by molar-refractivity contribution is -0.135. The first-order valence-corrected chi connectivity index (χ1v) is 10.6. The Balaban J connectivity index is 1.53. The number of piperidine rings is 1. The first-order valence-electron chi connectivity index (χ1n) is 10.6. The Morgan fingerprint density at radius 1 is 1.03 bits per heavy atom. The van der Waals surface area contributed by atoms with Crippen LogP contribution in [0.5, 0.6) is 0 Å². The number of hydrogen-bond acceptors (Lipinski definition) is 4. The normalized spacial score (nSPS) is 25.4. The van der Waals surface area contributed by atoms with Gasteiger partial charge in [0.2, 0.25) is 11.8 Å². The summed E-state index contributed by atoms with van der Waals surface area (Å²) in [5.41, 5.74) is 2.52. The van der Waals surface area contributed by atoms with Gasteiger partial charge in [-0.2, -0.15) is 0 Å². The number of imide groups is 1. The molecule has 2 fully saturated rings. The van der Waals surface area contributed by atoms with E-state index >= 15 is 0 Å². The van der Waals surface area contributed by atoms with E-state index in [1.54, 1.807) is 11.6 Å². The Bertz CT molecular complexity index is 982. The Labute approximate surface area is 169 Å². The van der Waals surface area contributed by atoms with Gasteiger partial charge in [-0.1, -0.05) is 18.9 Å². The van der Waals surface area contributed by atoms with Gasteiger partial charge in [-0.15, -0.1) is 0 Å². The first-order chi connectivity index (χ1) is 14.0. The minimum Gasteiger partial charge on any atom is -0.396 e. The number of fused-ring (bicyclic) bond motifs is 1. The molecule has 1 aromatic carbocycles. The molecule has 0 spiro atoms. The lowest BCUT2D eigenvalue weighted by atomic mass is 9.80. The van der Waals surface area contributed by atoms with Crippen molar-refractivity contribution in [1.82, 2.24) is 14.5 Å². The highest BCUT2D eigenvalue weighted by molar-refractivity contribution is 6.00. The van der Waals surface area contributed by atoms with Gasteiger partial charge in [-0.05, 0) is 61.6 Å². The number of imidazole rings is 1. The maximum absolute atomic E-state index is 12.8. The molecule has 1 saturated carbocycles. The van der Waals surface area contributed by atoms with Crippen LogP contribution in [0.15, 0.2) is 23.0 Å². The highest BCUT2D eigenvalue weighted by Gasteiger charge is 2.31. The van der Waals surface area contributed by atoms with Crippen LogP contribution in [-0.4, -0.2) is 32.7 Å². The summed E-state index contributed by atoms with van der Waals surface area (Å²) in [5.74, 6) is 0.489. The number of aromatic nitrogens is 2. The Kier molecular flexibility index (Phi) is 5.58. The summed E-state index contributed by atoms with van der Waals surface area (Å²) in [7, 11) is 1.73. The second-order valence-electron chi connectivity index (χ2n) is 8.61. The average molecular weight is 399 g/mol. The minimum atomic E-state index is -0.642. The molecule has 1 aliphatic carbocycles. The SMILES string of the molecule is Cn1c(=O)n(C2CCC(=O)NC2=O)c2ccc(CC[C@H]3CC[C@@H](CO)CC3)cc21. The molecule has 29 heavy (non-hydrogen) atoms. The molecule has 1 atom stereocenters. The molecule has 2 amide bonds. The average Bonchev–Trinajstić information content (AvgIpc) is 2.97. The van der Waals surface area contributed by atoms with Crippen LogP contribution in [0, 0.1) is 11.8 Å². The first kappa shape index (κ1) is 19.9. The number of rotatable bonds is 5. The molecule has 4 rings (SSSR count). The fraction of sp³-hybridized carbons (Fsp3) is 0.591. The number of aryl methyl sites for hydroxylation is 2. The highest BCUT2D eigenvalue weighted by Crippen LogP contribution is 2.32. The van der Waals surface area contributed by atoms with Crippen molar-refractivity contribution in [3.05, 3.63) is 34.2 Å². The van der Waals surface area contributed by atoms with E-state index in [1.165, 1.54) is 23.0 Å². The lowest BCUT2D eigenvalue weighted by Gasteiger charge is -2.27. The number of carbonyl (C=O) groups excluding carboxylic acids is 2. The van der Waals surface area contributed by atoms with Crippen LogP contribution in [0.25, 0.3) is 11.0 Å². The topological polar surface area (TPSA) is 93.3 Å². The van der Waals surface area contributed by atoms with Gasteiger partial charge in [0.05, 0.1) is 11.0 Å². The van der Waals surface area contributed by atoms with Crippen LogP contribution in [0.4, 0.5) is 0 Å². The van der Waals surface area contributed by atoms with Crippen molar-refractivity contribution in [3.8, 4) is 0 Å². The van der Waals surface area contributed by atoms with Crippen LogP contribution in [0.1, 0.15) is 56.6 Å². The number of aliphatic hydroxyl groups is 1. The van der Waals surface area contributed by atoms with Crippen molar-refractivity contribution in [1.29, 1.82) is 0 Å². The predicted octanol–water partition coefficient (Wildman–Crippen LogP) is 2.05. The molecule has 0 bridgehead atoms. The number of carbonyl (C=O) groups is 2. The summed E-state index contributed by atoms with van der Waals surface area (Å²) in [4.78, 5) is 36.6. The monoisotopic (exact) mass is 399 g/mol. The number of nitrogens with one attached hydrogen (secondary N) is 1. The van der Waals surface area contributed by atoms with E-state index in [0.717, 1.165) is 36.7 Å². The highest BCUT2D eigenvalue weighted by atomic mass is 16.3. The second-order valence-corrected chi connectivity index (χ2v) is 8.61. The van der Waals surface area contributed by atoms with Crippen molar-refractivity contribution in [2.45, 2.75) is 57.4 Å².